The number of thiophene rings is 1. The van der Waals surface area contributed by atoms with Crippen LogP contribution in [0.1, 0.15) is 95.4 Å². The van der Waals surface area contributed by atoms with E-state index in [-0.39, 0.29) is 37.6 Å². The SMILES string of the molecule is CC[C@H](C)[C@H](NC(=O)[C@@H](N)CCC(=O)O)C(=O)N[C@@H](Cc1cccs1)C(=O)N[C@@H](CC(C)C)[C@H](O)CNc1ccc(C2CCCC2)cc1. The van der Waals surface area contributed by atoms with Crippen molar-refractivity contribution in [3.8, 4) is 0 Å². The van der Waals surface area contributed by atoms with Crippen molar-refractivity contribution >= 4 is 40.7 Å². The number of carbonyl (C=O) groups is 4. The summed E-state index contributed by atoms with van der Waals surface area (Å²) in [4.78, 5) is 52.2. The summed E-state index contributed by atoms with van der Waals surface area (Å²) in [7, 11) is 0. The van der Waals surface area contributed by atoms with Gasteiger partial charge in [0, 0.05) is 30.0 Å². The van der Waals surface area contributed by atoms with Crippen molar-refractivity contribution in [1.82, 2.24) is 16.0 Å². The smallest absolute Gasteiger partial charge is 0.303 e. The van der Waals surface area contributed by atoms with E-state index in [4.69, 9.17) is 10.8 Å². The van der Waals surface area contributed by atoms with Gasteiger partial charge in [0.1, 0.15) is 12.1 Å². The van der Waals surface area contributed by atoms with E-state index >= 15 is 0 Å². The number of anilines is 1. The van der Waals surface area contributed by atoms with Crippen LogP contribution in [0.4, 0.5) is 5.69 Å². The Balaban J connectivity index is 1.70. The number of aliphatic hydroxyl groups is 1. The topological polar surface area (TPSA) is 183 Å². The molecule has 1 fully saturated rings. The molecule has 1 aliphatic carbocycles. The number of aliphatic carboxylic acids is 1. The highest BCUT2D eigenvalue weighted by molar-refractivity contribution is 7.09. The van der Waals surface area contributed by atoms with Crippen LogP contribution in [-0.2, 0) is 25.6 Å². The molecule has 3 amide bonds. The number of benzene rings is 1. The normalized spacial score (nSPS) is 17.1. The molecule has 3 rings (SSSR count). The fourth-order valence-electron chi connectivity index (χ4n) is 6.07. The maximum atomic E-state index is 13.9. The van der Waals surface area contributed by atoms with E-state index in [0.29, 0.717) is 18.8 Å². The van der Waals surface area contributed by atoms with Gasteiger partial charge in [-0.2, -0.15) is 0 Å². The van der Waals surface area contributed by atoms with Crippen molar-refractivity contribution in [2.24, 2.45) is 17.6 Å². The first-order chi connectivity index (χ1) is 22.9. The molecule has 1 heterocycles. The minimum atomic E-state index is -1.09. The van der Waals surface area contributed by atoms with Crippen LogP contribution in [0.5, 0.6) is 0 Å². The third-order valence-corrected chi connectivity index (χ3v) is 10.1. The predicted octanol–water partition coefficient (Wildman–Crippen LogP) is 4.16. The Hall–Kier alpha value is -3.48. The van der Waals surface area contributed by atoms with Crippen LogP contribution >= 0.6 is 11.3 Å². The molecule has 11 nitrogen and oxygen atoms in total. The van der Waals surface area contributed by atoms with Gasteiger partial charge in [-0.05, 0) is 72.6 Å². The number of amides is 3. The van der Waals surface area contributed by atoms with Crippen molar-refractivity contribution in [1.29, 1.82) is 0 Å². The Labute approximate surface area is 288 Å². The highest BCUT2D eigenvalue weighted by Gasteiger charge is 2.33. The monoisotopic (exact) mass is 685 g/mol. The van der Waals surface area contributed by atoms with E-state index in [1.54, 1.807) is 0 Å². The van der Waals surface area contributed by atoms with Crippen LogP contribution in [0.3, 0.4) is 0 Å². The second kappa shape index (κ2) is 19.5. The Kier molecular flexibility index (Phi) is 15.8. The summed E-state index contributed by atoms with van der Waals surface area (Å²) in [6.45, 7) is 7.96. The van der Waals surface area contributed by atoms with Gasteiger partial charge < -0.3 is 37.2 Å². The molecule has 1 saturated carbocycles. The lowest BCUT2D eigenvalue weighted by Crippen LogP contribution is -2.59. The third-order valence-electron chi connectivity index (χ3n) is 9.19. The molecule has 0 bridgehead atoms. The molecule has 266 valence electrons. The number of aliphatic hydroxyl groups excluding tert-OH is 1. The number of carboxylic acid groups (broad SMARTS) is 1. The van der Waals surface area contributed by atoms with Crippen LogP contribution in [0, 0.1) is 11.8 Å². The average Bonchev–Trinajstić information content (AvgIpc) is 3.79. The zero-order valence-corrected chi connectivity index (χ0v) is 29.6. The summed E-state index contributed by atoms with van der Waals surface area (Å²) in [5.41, 5.74) is 8.16. The fourth-order valence-corrected chi connectivity index (χ4v) is 6.83. The van der Waals surface area contributed by atoms with Gasteiger partial charge in [0.15, 0.2) is 0 Å². The number of hydrogen-bond donors (Lipinski definition) is 7. The van der Waals surface area contributed by atoms with E-state index in [2.05, 4.69) is 33.4 Å². The first-order valence-electron chi connectivity index (χ1n) is 17.3. The van der Waals surface area contributed by atoms with Crippen LogP contribution in [0.25, 0.3) is 0 Å². The Morgan fingerprint density at radius 1 is 0.958 bits per heavy atom. The number of carboxylic acids is 1. The van der Waals surface area contributed by atoms with Crippen molar-refractivity contribution < 1.29 is 29.4 Å². The molecular formula is C36H55N5O6S. The summed E-state index contributed by atoms with van der Waals surface area (Å²) in [6.07, 6.45) is 5.07. The van der Waals surface area contributed by atoms with Crippen molar-refractivity contribution in [2.45, 2.75) is 122 Å². The standard InChI is InChI=1S/C36H55N5O6S/c1-5-23(4)33(41-34(45)28(37)16-17-32(43)44)36(47)40-30(20-27-11-8-18-48-27)35(46)39-29(19-22(2)3)31(42)21-38-26-14-12-25(13-15-26)24-9-6-7-10-24/h8,11-15,18,22-24,28-31,33,38,42H,5-7,9-10,16-17,19-21,37H2,1-4H3,(H,39,46)(H,40,47)(H,41,45)(H,43,44)/t23-,28-,29-,30-,31+,33-/m0/s1. The van der Waals surface area contributed by atoms with Gasteiger partial charge in [0.25, 0.3) is 0 Å². The van der Waals surface area contributed by atoms with Gasteiger partial charge in [-0.3, -0.25) is 19.2 Å². The van der Waals surface area contributed by atoms with Crippen LogP contribution in [0.2, 0.25) is 0 Å². The first-order valence-corrected chi connectivity index (χ1v) is 18.2. The molecule has 48 heavy (non-hydrogen) atoms. The summed E-state index contributed by atoms with van der Waals surface area (Å²) >= 11 is 1.46. The minimum absolute atomic E-state index is 0.0698. The molecule has 1 aliphatic rings. The maximum absolute atomic E-state index is 13.9. The zero-order chi connectivity index (χ0) is 35.2. The van der Waals surface area contributed by atoms with Crippen molar-refractivity contribution in [2.75, 3.05) is 11.9 Å². The van der Waals surface area contributed by atoms with Gasteiger partial charge in [0.2, 0.25) is 17.7 Å². The molecule has 1 aromatic heterocycles. The first kappa shape index (κ1) is 39.0. The highest BCUT2D eigenvalue weighted by Crippen LogP contribution is 2.34. The molecule has 2 aromatic rings. The molecule has 0 spiro atoms. The average molecular weight is 686 g/mol. The predicted molar refractivity (Wildman–Crippen MR) is 190 cm³/mol. The quantitative estimate of drug-likeness (QED) is 0.108. The second-order valence-electron chi connectivity index (χ2n) is 13.6. The molecular weight excluding hydrogens is 630 g/mol. The minimum Gasteiger partial charge on any atom is -0.481 e. The van der Waals surface area contributed by atoms with Crippen LogP contribution in [0.15, 0.2) is 41.8 Å². The molecule has 12 heteroatoms. The zero-order valence-electron chi connectivity index (χ0n) is 28.7. The number of carbonyl (C=O) groups excluding carboxylic acids is 3. The number of nitrogens with one attached hydrogen (secondary N) is 4. The Morgan fingerprint density at radius 2 is 1.65 bits per heavy atom. The molecule has 0 aliphatic heterocycles. The van der Waals surface area contributed by atoms with Gasteiger partial charge >= 0.3 is 5.97 Å². The molecule has 6 atom stereocenters. The van der Waals surface area contributed by atoms with Gasteiger partial charge in [-0.1, -0.05) is 65.2 Å². The van der Waals surface area contributed by atoms with Crippen LogP contribution < -0.4 is 27.0 Å². The van der Waals surface area contributed by atoms with Crippen LogP contribution in [-0.4, -0.2) is 70.7 Å². The maximum Gasteiger partial charge on any atom is 0.303 e. The van der Waals surface area contributed by atoms with E-state index < -0.39 is 54.0 Å². The fraction of sp³-hybridized carbons (Fsp3) is 0.611. The Morgan fingerprint density at radius 3 is 2.23 bits per heavy atom. The van der Waals surface area contributed by atoms with E-state index in [9.17, 15) is 24.3 Å². The largest absolute Gasteiger partial charge is 0.481 e. The van der Waals surface area contributed by atoms with Gasteiger partial charge in [-0.15, -0.1) is 11.3 Å². The summed E-state index contributed by atoms with van der Waals surface area (Å²) < 4.78 is 0. The summed E-state index contributed by atoms with van der Waals surface area (Å²) in [5, 5.41) is 34.0. The van der Waals surface area contributed by atoms with Gasteiger partial charge in [0.05, 0.1) is 18.2 Å². The summed E-state index contributed by atoms with van der Waals surface area (Å²) in [6, 6.07) is 8.48. The molecule has 0 saturated heterocycles. The van der Waals surface area contributed by atoms with E-state index in [1.165, 1.54) is 42.6 Å². The molecule has 1 aromatic carbocycles. The number of rotatable bonds is 20. The lowest BCUT2D eigenvalue weighted by atomic mass is 9.96. The molecule has 0 unspecified atom stereocenters. The molecule has 0 radical (unpaired) electrons. The summed E-state index contributed by atoms with van der Waals surface area (Å²) in [5.74, 6) is -2.16. The highest BCUT2D eigenvalue weighted by atomic mass is 32.1. The van der Waals surface area contributed by atoms with Crippen molar-refractivity contribution in [3.63, 3.8) is 0 Å². The molecule has 8 N–H and O–H groups in total. The third kappa shape index (κ3) is 12.5. The number of hydrogen-bond acceptors (Lipinski definition) is 8. The van der Waals surface area contributed by atoms with E-state index in [1.807, 2.05) is 57.3 Å². The van der Waals surface area contributed by atoms with E-state index in [0.717, 1.165) is 10.6 Å². The lowest BCUT2D eigenvalue weighted by molar-refractivity contribution is -0.137. The van der Waals surface area contributed by atoms with Crippen molar-refractivity contribution in [3.05, 3.63) is 52.2 Å². The number of nitrogens with two attached hydrogens (primary N) is 1. The second-order valence-corrected chi connectivity index (χ2v) is 14.6. The van der Waals surface area contributed by atoms with Gasteiger partial charge in [-0.25, -0.2) is 0 Å². The Bertz CT molecular complexity index is 1300. The lowest BCUT2D eigenvalue weighted by Gasteiger charge is -2.30.